The largest absolute Gasteiger partial charge is 0.396 e. The second kappa shape index (κ2) is 4.18. The van der Waals surface area contributed by atoms with Gasteiger partial charge in [0, 0.05) is 12.4 Å². The van der Waals surface area contributed by atoms with Crippen LogP contribution in [0.4, 0.5) is 11.5 Å². The predicted octanol–water partition coefficient (Wildman–Crippen LogP) is 1.65. The Morgan fingerprint density at radius 3 is 3.00 bits per heavy atom. The lowest BCUT2D eigenvalue weighted by Gasteiger charge is -2.06. The first-order valence-corrected chi connectivity index (χ1v) is 4.75. The standard InChI is InChI=1S/C9H10ClN5/c10-6-1-8(11)9(13-2-6)14-4-7-3-12-5-15-7/h1-3,5H,4,11H2,(H,12,15)(H,13,14). The van der Waals surface area contributed by atoms with Crippen LogP contribution in [-0.4, -0.2) is 15.0 Å². The summed E-state index contributed by atoms with van der Waals surface area (Å²) in [6.45, 7) is 0.596. The Bertz CT molecular complexity index is 440. The first-order valence-electron chi connectivity index (χ1n) is 4.38. The van der Waals surface area contributed by atoms with Crippen molar-refractivity contribution < 1.29 is 0 Å². The van der Waals surface area contributed by atoms with Crippen LogP contribution in [0.2, 0.25) is 5.02 Å². The minimum atomic E-state index is 0.527. The lowest BCUT2D eigenvalue weighted by atomic mass is 10.4. The maximum absolute atomic E-state index is 5.73. The Hall–Kier alpha value is -1.75. The lowest BCUT2D eigenvalue weighted by molar-refractivity contribution is 1.05. The Labute approximate surface area is 91.7 Å². The zero-order valence-electron chi connectivity index (χ0n) is 7.87. The van der Waals surface area contributed by atoms with E-state index in [9.17, 15) is 0 Å². The highest BCUT2D eigenvalue weighted by Gasteiger charge is 2.01. The fourth-order valence-corrected chi connectivity index (χ4v) is 1.33. The third-order valence-corrected chi connectivity index (χ3v) is 2.09. The molecule has 0 aliphatic carbocycles. The van der Waals surface area contributed by atoms with Gasteiger partial charge in [0.15, 0.2) is 0 Å². The molecule has 5 nitrogen and oxygen atoms in total. The Morgan fingerprint density at radius 1 is 1.47 bits per heavy atom. The molecule has 0 atom stereocenters. The van der Waals surface area contributed by atoms with Crippen LogP contribution < -0.4 is 11.1 Å². The van der Waals surface area contributed by atoms with Gasteiger partial charge in [-0.2, -0.15) is 0 Å². The number of aromatic nitrogens is 3. The summed E-state index contributed by atoms with van der Waals surface area (Å²) in [5.74, 6) is 0.619. The molecule has 0 amide bonds. The van der Waals surface area contributed by atoms with Crippen molar-refractivity contribution in [3.8, 4) is 0 Å². The van der Waals surface area contributed by atoms with Crippen LogP contribution in [0.1, 0.15) is 5.69 Å². The summed E-state index contributed by atoms with van der Waals surface area (Å²) in [7, 11) is 0. The predicted molar refractivity (Wildman–Crippen MR) is 59.6 cm³/mol. The molecule has 78 valence electrons. The molecule has 0 aromatic carbocycles. The van der Waals surface area contributed by atoms with Crippen molar-refractivity contribution in [2.75, 3.05) is 11.1 Å². The Balaban J connectivity index is 2.05. The number of nitrogens with two attached hydrogens (primary N) is 1. The minimum absolute atomic E-state index is 0.527. The molecule has 2 rings (SSSR count). The molecule has 0 fully saturated rings. The van der Waals surface area contributed by atoms with E-state index in [-0.39, 0.29) is 0 Å². The molecule has 2 aromatic rings. The van der Waals surface area contributed by atoms with E-state index in [0.717, 1.165) is 5.69 Å². The quantitative estimate of drug-likeness (QED) is 0.739. The fourth-order valence-electron chi connectivity index (χ4n) is 1.16. The van der Waals surface area contributed by atoms with Crippen LogP contribution in [0.5, 0.6) is 0 Å². The highest BCUT2D eigenvalue weighted by atomic mass is 35.5. The van der Waals surface area contributed by atoms with E-state index >= 15 is 0 Å². The molecule has 0 saturated heterocycles. The fraction of sp³-hybridized carbons (Fsp3) is 0.111. The molecule has 0 aliphatic heterocycles. The molecule has 0 spiro atoms. The third kappa shape index (κ3) is 2.38. The molecule has 0 radical (unpaired) electrons. The van der Waals surface area contributed by atoms with Gasteiger partial charge in [0.1, 0.15) is 5.82 Å². The summed E-state index contributed by atoms with van der Waals surface area (Å²) in [5, 5.41) is 3.60. The molecule has 4 N–H and O–H groups in total. The van der Waals surface area contributed by atoms with Crippen molar-refractivity contribution >= 4 is 23.1 Å². The summed E-state index contributed by atoms with van der Waals surface area (Å²) in [6.07, 6.45) is 4.90. The maximum atomic E-state index is 5.73. The number of anilines is 2. The number of hydrogen-bond acceptors (Lipinski definition) is 4. The second-order valence-electron chi connectivity index (χ2n) is 3.02. The molecule has 6 heteroatoms. The lowest BCUT2D eigenvalue weighted by Crippen LogP contribution is -2.04. The van der Waals surface area contributed by atoms with E-state index in [1.807, 2.05) is 0 Å². The molecule has 2 heterocycles. The number of nitrogen functional groups attached to an aromatic ring is 1. The molecule has 0 aliphatic rings. The average molecular weight is 224 g/mol. The first kappa shape index (κ1) is 9.79. The highest BCUT2D eigenvalue weighted by molar-refractivity contribution is 6.30. The Kier molecular flexibility index (Phi) is 2.73. The number of H-pyrrole nitrogens is 1. The number of halogens is 1. The highest BCUT2D eigenvalue weighted by Crippen LogP contribution is 2.19. The van der Waals surface area contributed by atoms with E-state index < -0.39 is 0 Å². The molecule has 0 saturated carbocycles. The summed E-state index contributed by atoms with van der Waals surface area (Å²) < 4.78 is 0. The topological polar surface area (TPSA) is 79.6 Å². The van der Waals surface area contributed by atoms with Gasteiger partial charge in [0.25, 0.3) is 0 Å². The van der Waals surface area contributed by atoms with E-state index in [1.165, 1.54) is 0 Å². The molecule has 2 aromatic heterocycles. The number of nitrogens with zero attached hydrogens (tertiary/aromatic N) is 2. The summed E-state index contributed by atoms with van der Waals surface area (Å²) >= 11 is 5.73. The minimum Gasteiger partial charge on any atom is -0.396 e. The van der Waals surface area contributed by atoms with Gasteiger partial charge in [0.2, 0.25) is 0 Å². The van der Waals surface area contributed by atoms with Gasteiger partial charge in [0.05, 0.1) is 29.3 Å². The van der Waals surface area contributed by atoms with Crippen molar-refractivity contribution in [3.63, 3.8) is 0 Å². The Morgan fingerprint density at radius 2 is 2.33 bits per heavy atom. The monoisotopic (exact) mass is 223 g/mol. The zero-order chi connectivity index (χ0) is 10.7. The number of hydrogen-bond donors (Lipinski definition) is 3. The van der Waals surface area contributed by atoms with Crippen molar-refractivity contribution in [1.82, 2.24) is 15.0 Å². The van der Waals surface area contributed by atoms with E-state index in [0.29, 0.717) is 23.1 Å². The van der Waals surface area contributed by atoms with Crippen molar-refractivity contribution in [2.24, 2.45) is 0 Å². The van der Waals surface area contributed by atoms with Gasteiger partial charge in [-0.1, -0.05) is 11.6 Å². The van der Waals surface area contributed by atoms with E-state index in [4.69, 9.17) is 17.3 Å². The number of nitrogens with one attached hydrogen (secondary N) is 2. The van der Waals surface area contributed by atoms with Crippen LogP contribution in [0.3, 0.4) is 0 Å². The smallest absolute Gasteiger partial charge is 0.149 e. The molecule has 15 heavy (non-hydrogen) atoms. The van der Waals surface area contributed by atoms with Gasteiger partial charge >= 0.3 is 0 Å². The molecular weight excluding hydrogens is 214 g/mol. The second-order valence-corrected chi connectivity index (χ2v) is 3.46. The third-order valence-electron chi connectivity index (χ3n) is 1.88. The SMILES string of the molecule is Nc1cc(Cl)cnc1NCc1cnc[nH]1. The number of rotatable bonds is 3. The summed E-state index contributed by atoms with van der Waals surface area (Å²) in [4.78, 5) is 10.9. The van der Waals surface area contributed by atoms with E-state index in [2.05, 4.69) is 20.3 Å². The van der Waals surface area contributed by atoms with Crippen molar-refractivity contribution in [1.29, 1.82) is 0 Å². The van der Waals surface area contributed by atoms with Gasteiger partial charge in [-0.15, -0.1) is 0 Å². The number of imidazole rings is 1. The van der Waals surface area contributed by atoms with Crippen LogP contribution in [0.25, 0.3) is 0 Å². The van der Waals surface area contributed by atoms with Crippen LogP contribution in [-0.2, 0) is 6.54 Å². The number of aromatic amines is 1. The van der Waals surface area contributed by atoms with Gasteiger partial charge in [-0.3, -0.25) is 0 Å². The van der Waals surface area contributed by atoms with Crippen LogP contribution >= 0.6 is 11.6 Å². The van der Waals surface area contributed by atoms with Crippen LogP contribution in [0, 0.1) is 0 Å². The van der Waals surface area contributed by atoms with Gasteiger partial charge < -0.3 is 16.0 Å². The van der Waals surface area contributed by atoms with Crippen molar-refractivity contribution in [3.05, 3.63) is 35.5 Å². The zero-order valence-corrected chi connectivity index (χ0v) is 8.62. The summed E-state index contributed by atoms with van der Waals surface area (Å²) in [5.41, 5.74) is 7.22. The molecule has 0 bridgehead atoms. The molecule has 0 unspecified atom stereocenters. The van der Waals surface area contributed by atoms with Crippen LogP contribution in [0.15, 0.2) is 24.8 Å². The van der Waals surface area contributed by atoms with Gasteiger partial charge in [-0.25, -0.2) is 9.97 Å². The first-order chi connectivity index (χ1) is 7.25. The number of pyridine rings is 1. The van der Waals surface area contributed by atoms with E-state index in [1.54, 1.807) is 24.8 Å². The summed E-state index contributed by atoms with van der Waals surface area (Å²) in [6, 6.07) is 1.66. The van der Waals surface area contributed by atoms with Gasteiger partial charge in [-0.05, 0) is 6.07 Å². The molecular formula is C9H10ClN5. The average Bonchev–Trinajstić information content (AvgIpc) is 2.69. The van der Waals surface area contributed by atoms with Crippen molar-refractivity contribution in [2.45, 2.75) is 6.54 Å². The maximum Gasteiger partial charge on any atom is 0.149 e. The normalized spacial score (nSPS) is 10.2.